The zero-order chi connectivity index (χ0) is 15.3. The quantitative estimate of drug-likeness (QED) is 0.803. The molecule has 6 nitrogen and oxygen atoms in total. The maximum Gasteiger partial charge on any atom is 0.401 e. The summed E-state index contributed by atoms with van der Waals surface area (Å²) in [5.41, 5.74) is 0. The van der Waals surface area contributed by atoms with Gasteiger partial charge in [0.2, 0.25) is 0 Å². The molecule has 0 saturated carbocycles. The molecule has 0 aromatic heterocycles. The maximum absolute atomic E-state index is 12.2. The largest absolute Gasteiger partial charge is 0.480 e. The molecule has 1 heterocycles. The summed E-state index contributed by atoms with van der Waals surface area (Å²) in [5.74, 6) is -1.13. The summed E-state index contributed by atoms with van der Waals surface area (Å²) < 4.78 is 36.6. The first kappa shape index (κ1) is 16.5. The number of carboxylic acid groups (broad SMARTS) is 1. The molecule has 1 atom stereocenters. The Labute approximate surface area is 114 Å². The Morgan fingerprint density at radius 3 is 2.20 bits per heavy atom. The average molecular weight is 297 g/mol. The van der Waals surface area contributed by atoms with Crippen LogP contribution in [0.2, 0.25) is 0 Å². The highest BCUT2D eigenvalue weighted by Gasteiger charge is 2.33. The van der Waals surface area contributed by atoms with Crippen molar-refractivity contribution in [3.8, 4) is 0 Å². The van der Waals surface area contributed by atoms with Crippen LogP contribution in [0.3, 0.4) is 0 Å². The molecule has 0 aromatic rings. The third-order valence-corrected chi connectivity index (χ3v) is 3.07. The Hall–Kier alpha value is -1.51. The number of hydrogen-bond donors (Lipinski definition) is 2. The van der Waals surface area contributed by atoms with Gasteiger partial charge in [-0.3, -0.25) is 4.90 Å². The fourth-order valence-electron chi connectivity index (χ4n) is 1.94. The van der Waals surface area contributed by atoms with Gasteiger partial charge in [-0.15, -0.1) is 0 Å². The van der Waals surface area contributed by atoms with Crippen LogP contribution in [-0.2, 0) is 4.79 Å². The summed E-state index contributed by atoms with van der Waals surface area (Å²) in [6.07, 6.45) is -4.00. The van der Waals surface area contributed by atoms with E-state index >= 15 is 0 Å². The molecule has 20 heavy (non-hydrogen) atoms. The minimum atomic E-state index is -4.25. The Balaban J connectivity index is 2.41. The lowest BCUT2D eigenvalue weighted by molar-refractivity contribution is -0.148. The van der Waals surface area contributed by atoms with Crippen LogP contribution < -0.4 is 5.32 Å². The van der Waals surface area contributed by atoms with Crippen LogP contribution in [0.15, 0.2) is 0 Å². The van der Waals surface area contributed by atoms with Crippen LogP contribution in [0.5, 0.6) is 0 Å². The second kappa shape index (κ2) is 6.78. The van der Waals surface area contributed by atoms with E-state index in [0.717, 1.165) is 0 Å². The van der Waals surface area contributed by atoms with Crippen LogP contribution in [-0.4, -0.2) is 71.8 Å². The molecule has 9 heteroatoms. The third-order valence-electron chi connectivity index (χ3n) is 3.07. The number of nitrogens with zero attached hydrogens (tertiary/aromatic N) is 2. The van der Waals surface area contributed by atoms with Crippen molar-refractivity contribution in [3.05, 3.63) is 0 Å². The van der Waals surface area contributed by atoms with E-state index in [1.54, 1.807) is 6.92 Å². The van der Waals surface area contributed by atoms with E-state index < -0.39 is 30.8 Å². The minimum absolute atomic E-state index is 0.122. The van der Waals surface area contributed by atoms with Gasteiger partial charge in [-0.05, 0) is 6.42 Å². The first-order valence-electron chi connectivity index (χ1n) is 6.30. The van der Waals surface area contributed by atoms with Crippen molar-refractivity contribution < 1.29 is 27.9 Å². The van der Waals surface area contributed by atoms with Gasteiger partial charge in [-0.2, -0.15) is 13.2 Å². The van der Waals surface area contributed by atoms with Crippen LogP contribution in [0, 0.1) is 0 Å². The highest BCUT2D eigenvalue weighted by atomic mass is 19.4. The number of hydrogen-bond acceptors (Lipinski definition) is 3. The molecule has 0 unspecified atom stereocenters. The van der Waals surface area contributed by atoms with E-state index in [0.29, 0.717) is 0 Å². The van der Waals surface area contributed by atoms with E-state index in [1.807, 2.05) is 0 Å². The number of carboxylic acids is 1. The number of rotatable bonds is 4. The van der Waals surface area contributed by atoms with Crippen molar-refractivity contribution in [2.75, 3.05) is 32.7 Å². The summed E-state index contributed by atoms with van der Waals surface area (Å²) in [7, 11) is 0. The molecule has 1 fully saturated rings. The lowest BCUT2D eigenvalue weighted by Crippen LogP contribution is -2.55. The number of aliphatic carboxylic acids is 1. The predicted molar refractivity (Wildman–Crippen MR) is 64.3 cm³/mol. The second-order valence-corrected chi connectivity index (χ2v) is 4.63. The van der Waals surface area contributed by atoms with Crippen molar-refractivity contribution >= 4 is 12.0 Å². The Bertz CT molecular complexity index is 355. The van der Waals surface area contributed by atoms with Gasteiger partial charge in [0.05, 0.1) is 6.54 Å². The zero-order valence-electron chi connectivity index (χ0n) is 11.1. The molecule has 0 spiro atoms. The average Bonchev–Trinajstić information content (AvgIpc) is 2.34. The van der Waals surface area contributed by atoms with E-state index in [1.165, 1.54) is 9.80 Å². The number of alkyl halides is 3. The van der Waals surface area contributed by atoms with Crippen molar-refractivity contribution in [1.29, 1.82) is 0 Å². The van der Waals surface area contributed by atoms with E-state index in [-0.39, 0.29) is 32.6 Å². The van der Waals surface area contributed by atoms with Gasteiger partial charge >= 0.3 is 18.2 Å². The normalized spacial score (nSPS) is 18.7. The molecule has 0 bridgehead atoms. The van der Waals surface area contributed by atoms with Crippen LogP contribution in [0.25, 0.3) is 0 Å². The molecular weight excluding hydrogens is 279 g/mol. The second-order valence-electron chi connectivity index (χ2n) is 4.63. The fourth-order valence-corrected chi connectivity index (χ4v) is 1.94. The number of halogens is 3. The van der Waals surface area contributed by atoms with Gasteiger partial charge in [0.25, 0.3) is 0 Å². The number of urea groups is 1. The topological polar surface area (TPSA) is 72.9 Å². The molecule has 0 aliphatic carbocycles. The number of carbonyl (C=O) groups is 2. The summed E-state index contributed by atoms with van der Waals surface area (Å²) in [5, 5.41) is 11.2. The lowest BCUT2D eigenvalue weighted by atomic mass is 10.2. The first-order valence-corrected chi connectivity index (χ1v) is 6.30. The predicted octanol–water partition coefficient (Wildman–Crippen LogP) is 0.739. The number of nitrogens with one attached hydrogen (secondary N) is 1. The van der Waals surface area contributed by atoms with Gasteiger partial charge in [0, 0.05) is 26.2 Å². The third kappa shape index (κ3) is 5.24. The highest BCUT2D eigenvalue weighted by Crippen LogP contribution is 2.17. The summed E-state index contributed by atoms with van der Waals surface area (Å²) in [6, 6.07) is -1.53. The standard InChI is InChI=1S/C11H18F3N3O3/c1-2-8(9(18)19)15-10(20)17-5-3-16(4-6-17)7-11(12,13)14/h8H,2-7H2,1H3,(H,15,20)(H,18,19)/t8-/m1/s1. The summed E-state index contributed by atoms with van der Waals surface area (Å²) >= 11 is 0. The molecule has 2 N–H and O–H groups in total. The Morgan fingerprint density at radius 1 is 1.25 bits per heavy atom. The molecule has 1 saturated heterocycles. The number of carbonyl (C=O) groups excluding carboxylic acids is 1. The molecular formula is C11H18F3N3O3. The van der Waals surface area contributed by atoms with Crippen LogP contribution >= 0.6 is 0 Å². The smallest absolute Gasteiger partial charge is 0.401 e. The zero-order valence-corrected chi connectivity index (χ0v) is 11.1. The molecule has 1 aliphatic heterocycles. The Morgan fingerprint density at radius 2 is 1.80 bits per heavy atom. The summed E-state index contributed by atoms with van der Waals surface area (Å²) in [4.78, 5) is 25.1. The molecule has 1 aliphatic rings. The fraction of sp³-hybridized carbons (Fsp3) is 0.818. The Kier molecular flexibility index (Phi) is 5.61. The summed E-state index contributed by atoms with van der Waals surface area (Å²) in [6.45, 7) is 1.18. The van der Waals surface area contributed by atoms with E-state index in [9.17, 15) is 22.8 Å². The highest BCUT2D eigenvalue weighted by molar-refractivity contribution is 5.82. The number of amides is 2. The van der Waals surface area contributed by atoms with Crippen LogP contribution in [0.4, 0.5) is 18.0 Å². The van der Waals surface area contributed by atoms with Crippen molar-refractivity contribution in [1.82, 2.24) is 15.1 Å². The van der Waals surface area contributed by atoms with Gasteiger partial charge in [-0.25, -0.2) is 9.59 Å². The molecule has 2 amide bonds. The number of piperazine rings is 1. The SMILES string of the molecule is CC[C@@H](NC(=O)N1CCN(CC(F)(F)F)CC1)C(=O)O. The molecule has 116 valence electrons. The van der Waals surface area contributed by atoms with Crippen LogP contribution in [0.1, 0.15) is 13.3 Å². The van der Waals surface area contributed by atoms with E-state index in [4.69, 9.17) is 5.11 Å². The molecule has 1 rings (SSSR count). The van der Waals surface area contributed by atoms with Gasteiger partial charge in [0.15, 0.2) is 0 Å². The monoisotopic (exact) mass is 297 g/mol. The van der Waals surface area contributed by atoms with Crippen molar-refractivity contribution in [2.24, 2.45) is 0 Å². The van der Waals surface area contributed by atoms with Gasteiger partial charge in [-0.1, -0.05) is 6.92 Å². The van der Waals surface area contributed by atoms with Crippen molar-refractivity contribution in [3.63, 3.8) is 0 Å². The lowest BCUT2D eigenvalue weighted by Gasteiger charge is -2.35. The van der Waals surface area contributed by atoms with E-state index in [2.05, 4.69) is 5.32 Å². The van der Waals surface area contributed by atoms with Gasteiger partial charge < -0.3 is 15.3 Å². The first-order chi connectivity index (χ1) is 9.23. The minimum Gasteiger partial charge on any atom is -0.480 e. The van der Waals surface area contributed by atoms with Crippen molar-refractivity contribution in [2.45, 2.75) is 25.6 Å². The van der Waals surface area contributed by atoms with Gasteiger partial charge in [0.1, 0.15) is 6.04 Å². The molecule has 0 radical (unpaired) electrons. The maximum atomic E-state index is 12.2. The molecule has 0 aromatic carbocycles.